The summed E-state index contributed by atoms with van der Waals surface area (Å²) < 4.78 is 33.2. The smallest absolute Gasteiger partial charge is 0.0773 e. The van der Waals surface area contributed by atoms with Crippen molar-refractivity contribution in [2.24, 2.45) is 0 Å². The Kier molecular flexibility index (Phi) is 26.0. The van der Waals surface area contributed by atoms with Gasteiger partial charge in [-0.05, 0) is 57.8 Å². The molecule has 1 saturated carbocycles. The van der Waals surface area contributed by atoms with E-state index in [2.05, 4.69) is 0 Å². The molecule has 45 heavy (non-hydrogen) atoms. The molecule has 270 valence electrons. The van der Waals surface area contributed by atoms with Gasteiger partial charge in [0.25, 0.3) is 0 Å². The number of rotatable bonds is 30. The quantitative estimate of drug-likeness (QED) is 0.0623. The van der Waals surface area contributed by atoms with Crippen LogP contribution in [0.2, 0.25) is 0 Å². The first-order valence-electron chi connectivity index (χ1n) is 17.1. The van der Waals surface area contributed by atoms with Crippen LogP contribution in [0.15, 0.2) is 0 Å². The third-order valence-corrected chi connectivity index (χ3v) is 8.20. The number of aliphatic hydroxyl groups is 6. The van der Waals surface area contributed by atoms with E-state index < -0.39 is 36.6 Å². The number of hydrogen-bond acceptors (Lipinski definition) is 12. The predicted molar refractivity (Wildman–Crippen MR) is 170 cm³/mol. The second-order valence-electron chi connectivity index (χ2n) is 12.7. The van der Waals surface area contributed by atoms with Crippen LogP contribution < -0.4 is 0 Å². The van der Waals surface area contributed by atoms with E-state index in [0.29, 0.717) is 77.6 Å². The first kappa shape index (κ1) is 42.5. The van der Waals surface area contributed by atoms with Crippen LogP contribution in [0.3, 0.4) is 0 Å². The average molecular weight is 655 g/mol. The molecular formula is C33H66O12. The van der Waals surface area contributed by atoms with Crippen LogP contribution in [-0.4, -0.2) is 147 Å². The van der Waals surface area contributed by atoms with Crippen LogP contribution in [-0.2, 0) is 28.4 Å². The first-order valence-corrected chi connectivity index (χ1v) is 17.1. The Bertz CT molecular complexity index is 568. The van der Waals surface area contributed by atoms with Gasteiger partial charge in [-0.15, -0.1) is 0 Å². The van der Waals surface area contributed by atoms with Crippen molar-refractivity contribution < 1.29 is 59.1 Å². The van der Waals surface area contributed by atoms with Gasteiger partial charge in [0.05, 0.1) is 94.6 Å². The van der Waals surface area contributed by atoms with E-state index in [1.54, 1.807) is 21.3 Å². The lowest BCUT2D eigenvalue weighted by atomic mass is 9.92. The molecule has 1 fully saturated rings. The number of ether oxygens (including phenoxy) is 6. The largest absolute Gasteiger partial charge is 0.391 e. The van der Waals surface area contributed by atoms with E-state index in [0.717, 1.165) is 38.5 Å². The Morgan fingerprint density at radius 2 is 0.578 bits per heavy atom. The summed E-state index contributed by atoms with van der Waals surface area (Å²) in [7, 11) is 4.68. The third-order valence-electron chi connectivity index (χ3n) is 8.20. The van der Waals surface area contributed by atoms with Crippen LogP contribution in [0.5, 0.6) is 0 Å². The van der Waals surface area contributed by atoms with Crippen molar-refractivity contribution in [1.82, 2.24) is 0 Å². The first-order chi connectivity index (χ1) is 21.7. The van der Waals surface area contributed by atoms with Gasteiger partial charge < -0.3 is 59.1 Å². The number of aliphatic hydroxyl groups excluding tert-OH is 6. The Morgan fingerprint density at radius 3 is 0.778 bits per heavy atom. The Hall–Kier alpha value is -0.480. The number of hydrogen-bond donors (Lipinski definition) is 6. The van der Waals surface area contributed by atoms with Crippen molar-refractivity contribution in [2.45, 2.75) is 151 Å². The van der Waals surface area contributed by atoms with E-state index in [9.17, 15) is 30.6 Å². The lowest BCUT2D eigenvalue weighted by Crippen LogP contribution is -2.40. The van der Waals surface area contributed by atoms with Gasteiger partial charge in [-0.2, -0.15) is 0 Å². The minimum absolute atomic E-state index is 0.189. The molecular weight excluding hydrogens is 588 g/mol. The molecule has 0 aromatic rings. The topological polar surface area (TPSA) is 177 Å². The Morgan fingerprint density at radius 1 is 0.378 bits per heavy atom. The lowest BCUT2D eigenvalue weighted by molar-refractivity contribution is -0.128. The van der Waals surface area contributed by atoms with E-state index in [-0.39, 0.29) is 38.1 Å². The highest BCUT2D eigenvalue weighted by Crippen LogP contribution is 2.27. The maximum atomic E-state index is 10.5. The molecule has 1 aliphatic rings. The highest BCUT2D eigenvalue weighted by molar-refractivity contribution is 4.82. The Balaban J connectivity index is 2.50. The van der Waals surface area contributed by atoms with E-state index in [1.807, 2.05) is 0 Å². The van der Waals surface area contributed by atoms with Gasteiger partial charge in [0, 0.05) is 21.3 Å². The maximum absolute atomic E-state index is 10.5. The highest BCUT2D eigenvalue weighted by atomic mass is 16.5. The summed E-state index contributed by atoms with van der Waals surface area (Å²) in [6, 6.07) is 0. The van der Waals surface area contributed by atoms with Crippen molar-refractivity contribution in [3.05, 3.63) is 0 Å². The molecule has 0 saturated heterocycles. The van der Waals surface area contributed by atoms with Crippen LogP contribution >= 0.6 is 0 Å². The summed E-state index contributed by atoms with van der Waals surface area (Å²) >= 11 is 0. The van der Waals surface area contributed by atoms with Crippen LogP contribution in [0, 0.1) is 0 Å². The summed E-state index contributed by atoms with van der Waals surface area (Å²) in [5.41, 5.74) is 0. The lowest BCUT2D eigenvalue weighted by Gasteiger charge is -2.35. The van der Waals surface area contributed by atoms with Crippen LogP contribution in [0.4, 0.5) is 0 Å². The van der Waals surface area contributed by atoms with Gasteiger partial charge >= 0.3 is 0 Å². The minimum Gasteiger partial charge on any atom is -0.391 e. The van der Waals surface area contributed by atoms with Gasteiger partial charge in [0.1, 0.15) is 0 Å². The van der Waals surface area contributed by atoms with Gasteiger partial charge in [0.15, 0.2) is 0 Å². The molecule has 0 aliphatic heterocycles. The molecule has 0 spiro atoms. The molecule has 0 amide bonds. The minimum atomic E-state index is -0.612. The second kappa shape index (κ2) is 27.5. The molecule has 6 N–H and O–H groups in total. The normalized spacial score (nSPS) is 23.0. The van der Waals surface area contributed by atoms with E-state index in [4.69, 9.17) is 28.4 Å². The highest BCUT2D eigenvalue weighted by Gasteiger charge is 2.32. The summed E-state index contributed by atoms with van der Waals surface area (Å²) in [6.45, 7) is 1.52. The van der Waals surface area contributed by atoms with Crippen molar-refractivity contribution >= 4 is 0 Å². The summed E-state index contributed by atoms with van der Waals surface area (Å²) in [5.74, 6) is 0. The zero-order valence-corrected chi connectivity index (χ0v) is 28.2. The van der Waals surface area contributed by atoms with Crippen LogP contribution in [0.1, 0.15) is 96.3 Å². The number of unbranched alkanes of at least 4 members (excludes halogenated alkanes) is 3. The van der Waals surface area contributed by atoms with Gasteiger partial charge in [0.2, 0.25) is 0 Å². The molecule has 0 radical (unpaired) electrons. The molecule has 1 rings (SSSR count). The molecule has 12 heteroatoms. The zero-order valence-electron chi connectivity index (χ0n) is 28.2. The van der Waals surface area contributed by atoms with Crippen molar-refractivity contribution in [3.8, 4) is 0 Å². The Labute approximate surface area is 271 Å². The molecule has 0 bridgehead atoms. The molecule has 0 heterocycles. The standard InChI is InChI=1S/C33H66O12/c1-40-19-25(34)10-4-7-13-28(37)22-43-31-16-32(44-23-29(38)14-8-5-11-26(35)20-41-2)18-33(17-31)45-24-30(39)15-9-6-12-27(36)21-42-3/h25-39H,4-24H2,1-3H3. The summed E-state index contributed by atoms with van der Waals surface area (Å²) in [5, 5.41) is 60.8. The van der Waals surface area contributed by atoms with Crippen molar-refractivity contribution in [3.63, 3.8) is 0 Å². The molecule has 0 aromatic heterocycles. The number of methoxy groups -OCH3 is 3. The molecule has 6 unspecified atom stereocenters. The fourth-order valence-electron chi connectivity index (χ4n) is 5.67. The van der Waals surface area contributed by atoms with Crippen molar-refractivity contribution in [2.75, 3.05) is 61.0 Å². The monoisotopic (exact) mass is 654 g/mol. The molecule has 6 atom stereocenters. The summed E-state index contributed by atoms with van der Waals surface area (Å²) in [6.07, 6.45) is 6.35. The van der Waals surface area contributed by atoms with E-state index >= 15 is 0 Å². The molecule has 1 aliphatic carbocycles. The van der Waals surface area contributed by atoms with Crippen LogP contribution in [0.25, 0.3) is 0 Å². The fraction of sp³-hybridized carbons (Fsp3) is 1.00. The fourth-order valence-corrected chi connectivity index (χ4v) is 5.67. The van der Waals surface area contributed by atoms with Gasteiger partial charge in [-0.3, -0.25) is 0 Å². The zero-order chi connectivity index (χ0) is 33.3. The predicted octanol–water partition coefficient (Wildman–Crippen LogP) is 2.11. The van der Waals surface area contributed by atoms with Crippen molar-refractivity contribution in [1.29, 1.82) is 0 Å². The van der Waals surface area contributed by atoms with Gasteiger partial charge in [-0.25, -0.2) is 0 Å². The van der Waals surface area contributed by atoms with Gasteiger partial charge in [-0.1, -0.05) is 38.5 Å². The summed E-state index contributed by atoms with van der Waals surface area (Å²) in [4.78, 5) is 0. The van der Waals surface area contributed by atoms with E-state index in [1.165, 1.54) is 0 Å². The molecule has 12 nitrogen and oxygen atoms in total. The SMILES string of the molecule is COCC(O)CCCCC(O)COC1CC(OCC(O)CCCCC(O)COC)CC(OCC(O)CCCCC(O)COC)C1. The third kappa shape index (κ3) is 23.5. The maximum Gasteiger partial charge on any atom is 0.0773 e. The average Bonchev–Trinajstić information content (AvgIpc) is 3.01. The second-order valence-corrected chi connectivity index (χ2v) is 12.7. The molecule has 0 aromatic carbocycles.